The van der Waals surface area contributed by atoms with Crippen LogP contribution in [-0.4, -0.2) is 78.3 Å². The van der Waals surface area contributed by atoms with Gasteiger partial charge in [0, 0.05) is 38.8 Å². The molecular formula is C25H40N4O3. The molecular weight excluding hydrogens is 404 g/mol. The van der Waals surface area contributed by atoms with Gasteiger partial charge in [-0.2, -0.15) is 0 Å². The van der Waals surface area contributed by atoms with E-state index in [4.69, 9.17) is 0 Å². The quantitative estimate of drug-likeness (QED) is 0.608. The first kappa shape index (κ1) is 21.2. The second-order valence-electron chi connectivity index (χ2n) is 12.2. The number of urea groups is 1. The first-order valence-electron chi connectivity index (χ1n) is 13.2. The zero-order chi connectivity index (χ0) is 21.9. The number of nitrogens with one attached hydrogen (secondary N) is 2. The predicted molar refractivity (Wildman–Crippen MR) is 121 cm³/mol. The van der Waals surface area contributed by atoms with Gasteiger partial charge in [0.25, 0.3) is 0 Å². The molecule has 3 heterocycles. The molecule has 4 saturated carbocycles. The number of nitrogens with zero attached hydrogens (tertiary/aromatic N) is 2. The van der Waals surface area contributed by atoms with Crippen LogP contribution in [0.2, 0.25) is 0 Å². The van der Waals surface area contributed by atoms with Gasteiger partial charge in [-0.3, -0.25) is 4.79 Å². The van der Waals surface area contributed by atoms with Crippen LogP contribution >= 0.6 is 0 Å². The Morgan fingerprint density at radius 1 is 0.969 bits per heavy atom. The zero-order valence-electron chi connectivity index (χ0n) is 19.4. The lowest BCUT2D eigenvalue weighted by Crippen LogP contribution is -2.61. The largest absolute Gasteiger partial charge is 0.393 e. The topological polar surface area (TPSA) is 84.9 Å². The third-order valence-electron chi connectivity index (χ3n) is 10.2. The Bertz CT molecular complexity index is 740. The molecule has 2 unspecified atom stereocenters. The summed E-state index contributed by atoms with van der Waals surface area (Å²) in [5.74, 6) is 1.45. The van der Waals surface area contributed by atoms with E-state index in [9.17, 15) is 14.7 Å². The number of hydrogen-bond donors (Lipinski definition) is 3. The van der Waals surface area contributed by atoms with E-state index in [0.29, 0.717) is 29.7 Å². The summed E-state index contributed by atoms with van der Waals surface area (Å²) in [5, 5.41) is 17.4. The molecule has 32 heavy (non-hydrogen) atoms. The van der Waals surface area contributed by atoms with Crippen LogP contribution < -0.4 is 10.6 Å². The summed E-state index contributed by atoms with van der Waals surface area (Å²) >= 11 is 0. The van der Waals surface area contributed by atoms with Crippen molar-refractivity contribution in [2.75, 3.05) is 39.3 Å². The second-order valence-corrected chi connectivity index (χ2v) is 12.2. The monoisotopic (exact) mass is 444 g/mol. The molecule has 178 valence electrons. The Labute approximate surface area is 191 Å². The summed E-state index contributed by atoms with van der Waals surface area (Å²) in [6.07, 6.45) is 10.1. The summed E-state index contributed by atoms with van der Waals surface area (Å²) in [7, 11) is 0. The molecule has 4 bridgehead atoms. The molecule has 7 aliphatic rings. The van der Waals surface area contributed by atoms with E-state index in [1.54, 1.807) is 0 Å². The molecule has 7 rings (SSSR count). The molecule has 7 fully saturated rings. The lowest BCUT2D eigenvalue weighted by molar-refractivity contribution is -0.163. The summed E-state index contributed by atoms with van der Waals surface area (Å²) < 4.78 is 0. The van der Waals surface area contributed by atoms with Crippen molar-refractivity contribution in [2.24, 2.45) is 28.6 Å². The maximum absolute atomic E-state index is 13.5. The van der Waals surface area contributed by atoms with E-state index in [2.05, 4.69) is 10.6 Å². The number of hydrogen-bond acceptors (Lipinski definition) is 4. The SMILES string of the molecule is O=C(N1CCC2(CCNC2)CC1)N1CCC[C@H](NC(=O)C23CC4CC(C2)C(O)C(C4)C3)C1. The van der Waals surface area contributed by atoms with Crippen LogP contribution in [0.5, 0.6) is 0 Å². The van der Waals surface area contributed by atoms with Gasteiger partial charge >= 0.3 is 6.03 Å². The molecule has 3 saturated heterocycles. The Kier molecular flexibility index (Phi) is 5.21. The number of likely N-dealkylation sites (tertiary alicyclic amines) is 2. The summed E-state index contributed by atoms with van der Waals surface area (Å²) in [6, 6.07) is 0.232. The number of aliphatic hydroxyl groups is 1. The summed E-state index contributed by atoms with van der Waals surface area (Å²) in [5.41, 5.74) is 0.152. The second kappa shape index (κ2) is 7.86. The van der Waals surface area contributed by atoms with Gasteiger partial charge in [0.2, 0.25) is 5.91 Å². The highest BCUT2D eigenvalue weighted by Crippen LogP contribution is 2.60. The smallest absolute Gasteiger partial charge is 0.320 e. The Morgan fingerprint density at radius 3 is 2.41 bits per heavy atom. The molecule has 1 spiro atoms. The average molecular weight is 445 g/mol. The van der Waals surface area contributed by atoms with E-state index >= 15 is 0 Å². The lowest BCUT2D eigenvalue weighted by atomic mass is 9.48. The van der Waals surface area contributed by atoms with E-state index in [1.165, 1.54) is 6.42 Å². The van der Waals surface area contributed by atoms with Gasteiger partial charge in [0.15, 0.2) is 0 Å². The molecule has 7 heteroatoms. The highest BCUT2D eigenvalue weighted by molar-refractivity contribution is 5.83. The van der Waals surface area contributed by atoms with Crippen molar-refractivity contribution in [1.29, 1.82) is 0 Å². The maximum Gasteiger partial charge on any atom is 0.320 e. The highest BCUT2D eigenvalue weighted by atomic mass is 16.3. The van der Waals surface area contributed by atoms with Gasteiger partial charge in [-0.25, -0.2) is 4.79 Å². The van der Waals surface area contributed by atoms with Crippen LogP contribution in [0.4, 0.5) is 4.79 Å². The Hall–Kier alpha value is -1.34. The molecule has 3 atom stereocenters. The van der Waals surface area contributed by atoms with Crippen molar-refractivity contribution in [1.82, 2.24) is 20.4 Å². The standard InChI is InChI=1S/C25H40N4O3/c30-21-18-10-17-11-19(21)14-25(12-17,13-18)22(31)27-20-2-1-7-29(15-20)23(32)28-8-4-24(5-9-28)3-6-26-16-24/h17-21,26,30H,1-16H2,(H,27,31)/t17?,18?,19?,20-,21?,25?/m0/s1. The Balaban J connectivity index is 1.05. The minimum atomic E-state index is -0.265. The number of carbonyl (C=O) groups is 2. The Morgan fingerprint density at radius 2 is 1.72 bits per heavy atom. The molecule has 0 aromatic carbocycles. The minimum Gasteiger partial charge on any atom is -0.393 e. The van der Waals surface area contributed by atoms with Crippen molar-refractivity contribution in [2.45, 2.75) is 76.4 Å². The number of aliphatic hydroxyl groups excluding tert-OH is 1. The summed E-state index contributed by atoms with van der Waals surface area (Å²) in [4.78, 5) is 30.8. The predicted octanol–water partition coefficient (Wildman–Crippen LogP) is 1.95. The van der Waals surface area contributed by atoms with Crippen molar-refractivity contribution < 1.29 is 14.7 Å². The molecule has 0 aromatic heterocycles. The van der Waals surface area contributed by atoms with Gasteiger partial charge in [0.1, 0.15) is 0 Å². The summed E-state index contributed by atoms with van der Waals surface area (Å²) in [6.45, 7) is 5.40. The number of amides is 3. The van der Waals surface area contributed by atoms with Gasteiger partial charge < -0.3 is 25.5 Å². The molecule has 0 radical (unpaired) electrons. The number of carbonyl (C=O) groups excluding carboxylic acids is 2. The van der Waals surface area contributed by atoms with Crippen LogP contribution in [0.25, 0.3) is 0 Å². The number of piperidine rings is 2. The van der Waals surface area contributed by atoms with Crippen molar-refractivity contribution in [3.8, 4) is 0 Å². The van der Waals surface area contributed by atoms with Crippen molar-refractivity contribution in [3.05, 3.63) is 0 Å². The van der Waals surface area contributed by atoms with E-state index in [1.807, 2.05) is 9.80 Å². The molecule has 3 N–H and O–H groups in total. The molecule has 4 aliphatic carbocycles. The third-order valence-corrected chi connectivity index (χ3v) is 10.2. The van der Waals surface area contributed by atoms with Crippen molar-refractivity contribution in [3.63, 3.8) is 0 Å². The van der Waals surface area contributed by atoms with E-state index < -0.39 is 0 Å². The fraction of sp³-hybridized carbons (Fsp3) is 0.920. The first-order valence-corrected chi connectivity index (χ1v) is 13.2. The van der Waals surface area contributed by atoms with Gasteiger partial charge in [-0.15, -0.1) is 0 Å². The van der Waals surface area contributed by atoms with Crippen molar-refractivity contribution >= 4 is 11.9 Å². The van der Waals surface area contributed by atoms with Gasteiger partial charge in [-0.1, -0.05) is 0 Å². The van der Waals surface area contributed by atoms with Gasteiger partial charge in [-0.05, 0) is 93.9 Å². The van der Waals surface area contributed by atoms with Crippen LogP contribution in [-0.2, 0) is 4.79 Å². The fourth-order valence-electron chi connectivity index (χ4n) is 8.48. The first-order chi connectivity index (χ1) is 15.5. The van der Waals surface area contributed by atoms with Gasteiger partial charge in [0.05, 0.1) is 11.5 Å². The zero-order valence-corrected chi connectivity index (χ0v) is 19.4. The van der Waals surface area contributed by atoms with E-state index in [0.717, 1.165) is 90.5 Å². The molecule has 0 aromatic rings. The minimum absolute atomic E-state index is 0.0632. The molecule has 3 amide bonds. The normalized spacial score (nSPS) is 42.5. The van der Waals surface area contributed by atoms with Crippen LogP contribution in [0.1, 0.15) is 64.2 Å². The van der Waals surface area contributed by atoms with Crippen LogP contribution in [0, 0.1) is 28.6 Å². The molecule has 7 nitrogen and oxygen atoms in total. The lowest BCUT2D eigenvalue weighted by Gasteiger charge is -2.58. The van der Waals surface area contributed by atoms with Crippen LogP contribution in [0.3, 0.4) is 0 Å². The average Bonchev–Trinajstić information content (AvgIpc) is 3.25. The third kappa shape index (κ3) is 3.54. The molecule has 3 aliphatic heterocycles. The maximum atomic E-state index is 13.5. The number of rotatable bonds is 2. The fourth-order valence-corrected chi connectivity index (χ4v) is 8.48. The highest BCUT2D eigenvalue weighted by Gasteiger charge is 2.58. The van der Waals surface area contributed by atoms with Crippen LogP contribution in [0.15, 0.2) is 0 Å². The van der Waals surface area contributed by atoms with E-state index in [-0.39, 0.29) is 29.5 Å².